The largest absolute Gasteiger partial charge is 0.494 e. The van der Waals surface area contributed by atoms with Crippen LogP contribution in [0.2, 0.25) is 0 Å². The van der Waals surface area contributed by atoms with Crippen molar-refractivity contribution < 1.29 is 9.47 Å². The molecule has 0 radical (unpaired) electrons. The molecule has 0 bridgehead atoms. The van der Waals surface area contributed by atoms with E-state index in [9.17, 15) is 0 Å². The molecule has 164 valence electrons. The second-order valence-electron chi connectivity index (χ2n) is 9.93. The van der Waals surface area contributed by atoms with Crippen molar-refractivity contribution in [2.24, 2.45) is 23.7 Å². The van der Waals surface area contributed by atoms with E-state index in [1.807, 2.05) is 0 Å². The second-order valence-corrected chi connectivity index (χ2v) is 9.93. The Morgan fingerprint density at radius 1 is 0.690 bits per heavy atom. The summed E-state index contributed by atoms with van der Waals surface area (Å²) in [5.41, 5.74) is 0. The van der Waals surface area contributed by atoms with Crippen LogP contribution in [0, 0.1) is 23.7 Å². The van der Waals surface area contributed by atoms with Gasteiger partial charge >= 0.3 is 0 Å². The number of unbranched alkanes of at least 4 members (excludes halogenated alkanes) is 1. The van der Waals surface area contributed by atoms with Gasteiger partial charge in [0.1, 0.15) is 11.5 Å². The standard InChI is InChI=1S/C27H44O2/c1-3-4-6-23-12-14-25(15-13-23)21-29-27-18-16-26(17-19-27)28-20-5-7-24-10-8-22(2)9-11-24/h16-19,22-25H,3-15,20-21H2,1-2H3/t22-,23-,24-,25-. The van der Waals surface area contributed by atoms with Gasteiger partial charge in [0.05, 0.1) is 13.2 Å². The van der Waals surface area contributed by atoms with Gasteiger partial charge in [-0.05, 0) is 73.6 Å². The molecule has 2 fully saturated rings. The molecule has 2 heteroatoms. The zero-order valence-corrected chi connectivity index (χ0v) is 19.0. The Balaban J connectivity index is 1.26. The van der Waals surface area contributed by atoms with E-state index in [1.165, 1.54) is 83.5 Å². The maximum absolute atomic E-state index is 6.07. The summed E-state index contributed by atoms with van der Waals surface area (Å²) in [6, 6.07) is 8.29. The fourth-order valence-electron chi connectivity index (χ4n) is 5.21. The molecule has 0 unspecified atom stereocenters. The van der Waals surface area contributed by atoms with E-state index in [1.54, 1.807) is 0 Å². The Morgan fingerprint density at radius 3 is 1.83 bits per heavy atom. The van der Waals surface area contributed by atoms with Gasteiger partial charge in [0.2, 0.25) is 0 Å². The molecule has 0 spiro atoms. The summed E-state index contributed by atoms with van der Waals surface area (Å²) in [6.45, 7) is 6.41. The molecule has 0 N–H and O–H groups in total. The monoisotopic (exact) mass is 400 g/mol. The molecule has 0 amide bonds. The van der Waals surface area contributed by atoms with Gasteiger partial charge in [-0.3, -0.25) is 0 Å². The van der Waals surface area contributed by atoms with Crippen LogP contribution in [0.15, 0.2) is 24.3 Å². The molecule has 3 rings (SSSR count). The van der Waals surface area contributed by atoms with E-state index in [4.69, 9.17) is 9.47 Å². The Morgan fingerprint density at radius 2 is 1.21 bits per heavy atom. The molecular weight excluding hydrogens is 356 g/mol. The Hall–Kier alpha value is -1.18. The van der Waals surface area contributed by atoms with Crippen LogP contribution >= 0.6 is 0 Å². The van der Waals surface area contributed by atoms with E-state index in [2.05, 4.69) is 38.1 Å². The molecule has 0 heterocycles. The quantitative estimate of drug-likeness (QED) is 0.350. The number of hydrogen-bond donors (Lipinski definition) is 0. The number of benzene rings is 1. The first kappa shape index (κ1) is 22.5. The van der Waals surface area contributed by atoms with Crippen LogP contribution in [-0.2, 0) is 0 Å². The minimum Gasteiger partial charge on any atom is -0.494 e. The third kappa shape index (κ3) is 8.22. The van der Waals surface area contributed by atoms with Crippen LogP contribution in [0.3, 0.4) is 0 Å². The third-order valence-electron chi connectivity index (χ3n) is 7.40. The predicted molar refractivity (Wildman–Crippen MR) is 123 cm³/mol. The lowest BCUT2D eigenvalue weighted by Crippen LogP contribution is -2.20. The highest BCUT2D eigenvalue weighted by molar-refractivity contribution is 5.31. The van der Waals surface area contributed by atoms with Gasteiger partial charge in [-0.2, -0.15) is 0 Å². The molecular formula is C27H44O2. The maximum atomic E-state index is 6.07. The number of hydrogen-bond acceptors (Lipinski definition) is 2. The summed E-state index contributed by atoms with van der Waals surface area (Å²) in [5.74, 6) is 5.57. The van der Waals surface area contributed by atoms with Crippen molar-refractivity contribution >= 4 is 0 Å². The molecule has 29 heavy (non-hydrogen) atoms. The summed E-state index contributed by atoms with van der Waals surface area (Å²) in [4.78, 5) is 0. The van der Waals surface area contributed by atoms with Crippen molar-refractivity contribution in [2.45, 2.75) is 97.3 Å². The molecule has 2 nitrogen and oxygen atoms in total. The average Bonchev–Trinajstić information content (AvgIpc) is 2.76. The highest BCUT2D eigenvalue weighted by atomic mass is 16.5. The lowest BCUT2D eigenvalue weighted by molar-refractivity contribution is 0.178. The SMILES string of the molecule is CCCC[C@H]1CC[C@H](COc2ccc(OCCC[C@H]3CC[C@H](C)CC3)cc2)CC1. The fourth-order valence-corrected chi connectivity index (χ4v) is 5.21. The maximum Gasteiger partial charge on any atom is 0.119 e. The average molecular weight is 401 g/mol. The molecule has 0 aromatic heterocycles. The van der Waals surface area contributed by atoms with E-state index in [0.717, 1.165) is 48.4 Å². The van der Waals surface area contributed by atoms with Crippen LogP contribution in [0.4, 0.5) is 0 Å². The fraction of sp³-hybridized carbons (Fsp3) is 0.778. The van der Waals surface area contributed by atoms with E-state index >= 15 is 0 Å². The Bertz CT molecular complexity index is 536. The molecule has 0 aliphatic heterocycles. The van der Waals surface area contributed by atoms with Crippen LogP contribution in [0.25, 0.3) is 0 Å². The summed E-state index contributed by atoms with van der Waals surface area (Å²) < 4.78 is 12.0. The van der Waals surface area contributed by atoms with Gasteiger partial charge in [-0.1, -0.05) is 71.6 Å². The van der Waals surface area contributed by atoms with Crippen molar-refractivity contribution in [1.82, 2.24) is 0 Å². The van der Waals surface area contributed by atoms with E-state index in [0.29, 0.717) is 0 Å². The van der Waals surface area contributed by atoms with Crippen molar-refractivity contribution in [3.63, 3.8) is 0 Å². The summed E-state index contributed by atoms with van der Waals surface area (Å²) in [5, 5.41) is 0. The van der Waals surface area contributed by atoms with Crippen molar-refractivity contribution in [1.29, 1.82) is 0 Å². The summed E-state index contributed by atoms with van der Waals surface area (Å²) in [7, 11) is 0. The molecule has 2 aliphatic rings. The zero-order chi connectivity index (χ0) is 20.3. The smallest absolute Gasteiger partial charge is 0.119 e. The van der Waals surface area contributed by atoms with Gasteiger partial charge in [-0.15, -0.1) is 0 Å². The summed E-state index contributed by atoms with van der Waals surface area (Å²) in [6.07, 6.45) is 17.9. The first-order valence-electron chi connectivity index (χ1n) is 12.6. The van der Waals surface area contributed by atoms with Gasteiger partial charge in [0.15, 0.2) is 0 Å². The highest BCUT2D eigenvalue weighted by Crippen LogP contribution is 2.33. The van der Waals surface area contributed by atoms with Crippen LogP contribution in [-0.4, -0.2) is 13.2 Å². The van der Waals surface area contributed by atoms with Crippen molar-refractivity contribution in [2.75, 3.05) is 13.2 Å². The first-order valence-corrected chi connectivity index (χ1v) is 12.6. The van der Waals surface area contributed by atoms with E-state index < -0.39 is 0 Å². The van der Waals surface area contributed by atoms with Crippen molar-refractivity contribution in [3.8, 4) is 11.5 Å². The zero-order valence-electron chi connectivity index (χ0n) is 19.0. The molecule has 1 aromatic carbocycles. The molecule has 0 saturated heterocycles. The third-order valence-corrected chi connectivity index (χ3v) is 7.40. The highest BCUT2D eigenvalue weighted by Gasteiger charge is 2.21. The molecule has 1 aromatic rings. The number of rotatable bonds is 11. The Kier molecular flexibility index (Phi) is 9.70. The van der Waals surface area contributed by atoms with Crippen LogP contribution in [0.1, 0.15) is 97.3 Å². The van der Waals surface area contributed by atoms with Gasteiger partial charge in [0, 0.05) is 0 Å². The van der Waals surface area contributed by atoms with E-state index in [-0.39, 0.29) is 0 Å². The number of ether oxygens (including phenoxy) is 2. The molecule has 2 saturated carbocycles. The normalized spacial score (nSPS) is 27.5. The topological polar surface area (TPSA) is 18.5 Å². The van der Waals surface area contributed by atoms with Crippen molar-refractivity contribution in [3.05, 3.63) is 24.3 Å². The van der Waals surface area contributed by atoms with Crippen LogP contribution in [0.5, 0.6) is 11.5 Å². The molecule has 2 aliphatic carbocycles. The van der Waals surface area contributed by atoms with Gasteiger partial charge in [-0.25, -0.2) is 0 Å². The molecule has 0 atom stereocenters. The predicted octanol–water partition coefficient (Wildman–Crippen LogP) is 8.05. The summed E-state index contributed by atoms with van der Waals surface area (Å²) >= 11 is 0. The minimum absolute atomic E-state index is 0.742. The second kappa shape index (κ2) is 12.5. The Labute approximate surface area is 179 Å². The lowest BCUT2D eigenvalue weighted by Gasteiger charge is -2.28. The van der Waals surface area contributed by atoms with Crippen LogP contribution < -0.4 is 9.47 Å². The van der Waals surface area contributed by atoms with Gasteiger partial charge in [0.25, 0.3) is 0 Å². The lowest BCUT2D eigenvalue weighted by atomic mass is 9.80. The van der Waals surface area contributed by atoms with Gasteiger partial charge < -0.3 is 9.47 Å². The first-order chi connectivity index (χ1) is 14.2. The minimum atomic E-state index is 0.742.